The van der Waals surface area contributed by atoms with Gasteiger partial charge in [0.05, 0.1) is 20.8 Å². The number of rotatable bonds is 0. The Morgan fingerprint density at radius 2 is 1.92 bits per heavy atom. The first-order chi connectivity index (χ1) is 6.20. The quantitative estimate of drug-likeness (QED) is 0.671. The Hall–Kier alpha value is -0.110. The number of hydrogen-bond acceptors (Lipinski definition) is 1. The van der Waals surface area contributed by atoms with Crippen molar-refractivity contribution in [2.24, 2.45) is 0 Å². The molecule has 0 amide bonds. The molecule has 1 aromatic rings. The van der Waals surface area contributed by atoms with Crippen molar-refractivity contribution in [2.75, 3.05) is 11.9 Å². The minimum atomic E-state index is 0.441. The van der Waals surface area contributed by atoms with Crippen LogP contribution < -0.4 is 5.32 Å². The van der Waals surface area contributed by atoms with E-state index in [9.17, 15) is 0 Å². The molecule has 0 atom stereocenters. The lowest BCUT2D eigenvalue weighted by molar-refractivity contribution is 0.830. The van der Waals surface area contributed by atoms with E-state index in [1.54, 1.807) is 0 Å². The minimum Gasteiger partial charge on any atom is -0.384 e. The molecule has 0 saturated heterocycles. The van der Waals surface area contributed by atoms with E-state index in [1.165, 1.54) is 0 Å². The zero-order valence-corrected chi connectivity index (χ0v) is 9.10. The predicted octanol–water partition coefficient (Wildman–Crippen LogP) is 4.00. The van der Waals surface area contributed by atoms with Gasteiger partial charge >= 0.3 is 0 Å². The zero-order valence-electron chi connectivity index (χ0n) is 6.83. The molecule has 0 saturated carbocycles. The normalized spacial score (nSPS) is 15.0. The summed E-state index contributed by atoms with van der Waals surface area (Å²) in [6, 6.07) is 1.89. The Morgan fingerprint density at radius 3 is 2.69 bits per heavy atom. The Bertz CT molecular complexity index is 349. The first kappa shape index (κ1) is 9.45. The average Bonchev–Trinajstić information content (AvgIpc) is 2.15. The molecule has 2 rings (SSSR count). The second-order valence-corrected chi connectivity index (χ2v) is 4.21. The van der Waals surface area contributed by atoms with Crippen LogP contribution in [0.5, 0.6) is 0 Å². The molecule has 0 radical (unpaired) electrons. The maximum absolute atomic E-state index is 6.04. The van der Waals surface area contributed by atoms with Gasteiger partial charge in [-0.05, 0) is 24.5 Å². The van der Waals surface area contributed by atoms with Gasteiger partial charge in [0.1, 0.15) is 0 Å². The molecule has 0 aliphatic carbocycles. The van der Waals surface area contributed by atoms with Crippen LogP contribution in [0, 0.1) is 0 Å². The molecule has 1 heterocycles. The van der Waals surface area contributed by atoms with Crippen molar-refractivity contribution in [2.45, 2.75) is 12.8 Å². The van der Waals surface area contributed by atoms with Gasteiger partial charge in [0.15, 0.2) is 0 Å². The first-order valence-corrected chi connectivity index (χ1v) is 5.24. The third-order valence-electron chi connectivity index (χ3n) is 2.17. The molecule has 0 unspecified atom stereocenters. The van der Waals surface area contributed by atoms with Gasteiger partial charge in [-0.1, -0.05) is 34.8 Å². The molecule has 4 heteroatoms. The van der Waals surface area contributed by atoms with Gasteiger partial charge < -0.3 is 5.32 Å². The second-order valence-electron chi connectivity index (χ2n) is 3.05. The topological polar surface area (TPSA) is 12.0 Å². The lowest BCUT2D eigenvalue weighted by Crippen LogP contribution is -2.12. The summed E-state index contributed by atoms with van der Waals surface area (Å²) in [7, 11) is 0. The van der Waals surface area contributed by atoms with Gasteiger partial charge in [0.2, 0.25) is 0 Å². The highest BCUT2D eigenvalue weighted by molar-refractivity contribution is 6.49. The molecule has 1 N–H and O–H groups in total. The summed E-state index contributed by atoms with van der Waals surface area (Å²) in [4.78, 5) is 0. The standard InChI is InChI=1S/C9H8Cl3N/c10-6-4-5-2-1-3-13-9(5)8(12)7(6)11/h4,13H,1-3H2. The van der Waals surface area contributed by atoms with E-state index < -0.39 is 0 Å². The van der Waals surface area contributed by atoms with Gasteiger partial charge in [0, 0.05) is 6.54 Å². The van der Waals surface area contributed by atoms with Crippen molar-refractivity contribution in [3.8, 4) is 0 Å². The number of nitrogens with one attached hydrogen (secondary N) is 1. The van der Waals surface area contributed by atoms with Crippen LogP contribution in [-0.2, 0) is 6.42 Å². The first-order valence-electron chi connectivity index (χ1n) is 4.10. The second kappa shape index (κ2) is 3.56. The number of anilines is 1. The van der Waals surface area contributed by atoms with Gasteiger partial charge in [-0.15, -0.1) is 0 Å². The summed E-state index contributed by atoms with van der Waals surface area (Å²) in [6.07, 6.45) is 2.13. The van der Waals surface area contributed by atoms with Crippen molar-refractivity contribution in [3.63, 3.8) is 0 Å². The molecule has 1 nitrogen and oxygen atoms in total. The highest BCUT2D eigenvalue weighted by atomic mass is 35.5. The summed E-state index contributed by atoms with van der Waals surface area (Å²) < 4.78 is 0. The summed E-state index contributed by atoms with van der Waals surface area (Å²) >= 11 is 17.9. The van der Waals surface area contributed by atoms with Crippen LogP contribution in [0.25, 0.3) is 0 Å². The van der Waals surface area contributed by atoms with E-state index >= 15 is 0 Å². The summed E-state index contributed by atoms with van der Waals surface area (Å²) in [6.45, 7) is 0.949. The van der Waals surface area contributed by atoms with Gasteiger partial charge in [-0.25, -0.2) is 0 Å². The van der Waals surface area contributed by atoms with Crippen LogP contribution in [0.2, 0.25) is 15.1 Å². The van der Waals surface area contributed by atoms with E-state index in [0.29, 0.717) is 15.1 Å². The Labute approximate surface area is 92.0 Å². The highest BCUT2D eigenvalue weighted by Gasteiger charge is 2.16. The Morgan fingerprint density at radius 1 is 1.15 bits per heavy atom. The molecule has 0 bridgehead atoms. The summed E-state index contributed by atoms with van der Waals surface area (Å²) in [5.41, 5.74) is 2.10. The van der Waals surface area contributed by atoms with Crippen molar-refractivity contribution >= 4 is 40.5 Å². The fourth-order valence-electron chi connectivity index (χ4n) is 1.52. The lowest BCUT2D eigenvalue weighted by atomic mass is 10.0. The van der Waals surface area contributed by atoms with E-state index in [0.717, 1.165) is 30.6 Å². The van der Waals surface area contributed by atoms with Crippen LogP contribution in [-0.4, -0.2) is 6.54 Å². The molecule has 0 aromatic heterocycles. The van der Waals surface area contributed by atoms with Crippen molar-refractivity contribution in [1.29, 1.82) is 0 Å². The summed E-state index contributed by atoms with van der Waals surface area (Å²) in [5.74, 6) is 0. The van der Waals surface area contributed by atoms with Crippen LogP contribution >= 0.6 is 34.8 Å². The maximum Gasteiger partial charge on any atom is 0.0841 e. The minimum absolute atomic E-state index is 0.441. The molecule has 70 valence electrons. The van der Waals surface area contributed by atoms with Crippen molar-refractivity contribution in [3.05, 3.63) is 26.7 Å². The average molecular weight is 237 g/mol. The van der Waals surface area contributed by atoms with Crippen LogP contribution in [0.1, 0.15) is 12.0 Å². The fourth-order valence-corrected chi connectivity index (χ4v) is 2.24. The summed E-state index contributed by atoms with van der Waals surface area (Å²) in [5, 5.41) is 4.75. The third kappa shape index (κ3) is 1.61. The molecule has 0 fully saturated rings. The molecular weight excluding hydrogens is 228 g/mol. The van der Waals surface area contributed by atoms with E-state index in [-0.39, 0.29) is 0 Å². The number of halogens is 3. The van der Waals surface area contributed by atoms with Crippen molar-refractivity contribution in [1.82, 2.24) is 0 Å². The van der Waals surface area contributed by atoms with E-state index in [2.05, 4.69) is 5.32 Å². The molecule has 0 spiro atoms. The largest absolute Gasteiger partial charge is 0.384 e. The SMILES string of the molecule is Clc1cc2c(c(Cl)c1Cl)NCCC2. The molecule has 1 aliphatic rings. The van der Waals surface area contributed by atoms with Gasteiger partial charge in [0.25, 0.3) is 0 Å². The van der Waals surface area contributed by atoms with Gasteiger partial charge in [-0.2, -0.15) is 0 Å². The van der Waals surface area contributed by atoms with E-state index in [4.69, 9.17) is 34.8 Å². The maximum atomic E-state index is 6.04. The Kier molecular flexibility index (Phi) is 2.59. The predicted molar refractivity (Wildman–Crippen MR) is 58.3 cm³/mol. The van der Waals surface area contributed by atoms with Gasteiger partial charge in [-0.3, -0.25) is 0 Å². The molecule has 1 aliphatic heterocycles. The number of aryl methyl sites for hydroxylation is 1. The monoisotopic (exact) mass is 235 g/mol. The van der Waals surface area contributed by atoms with E-state index in [1.807, 2.05) is 6.07 Å². The highest BCUT2D eigenvalue weighted by Crippen LogP contribution is 2.40. The third-order valence-corrected chi connectivity index (χ3v) is 3.43. The number of fused-ring (bicyclic) bond motifs is 1. The molecule has 13 heavy (non-hydrogen) atoms. The zero-order chi connectivity index (χ0) is 9.42. The van der Waals surface area contributed by atoms with Crippen molar-refractivity contribution < 1.29 is 0 Å². The van der Waals surface area contributed by atoms with Crippen LogP contribution in [0.4, 0.5) is 5.69 Å². The van der Waals surface area contributed by atoms with Crippen LogP contribution in [0.15, 0.2) is 6.07 Å². The number of benzene rings is 1. The number of hydrogen-bond donors (Lipinski definition) is 1. The smallest absolute Gasteiger partial charge is 0.0841 e. The molecular formula is C9H8Cl3N. The van der Waals surface area contributed by atoms with Crippen LogP contribution in [0.3, 0.4) is 0 Å². The fraction of sp³-hybridized carbons (Fsp3) is 0.333. The molecule has 1 aromatic carbocycles. The lowest BCUT2D eigenvalue weighted by Gasteiger charge is -2.20. The Balaban J connectivity index is 2.60.